The van der Waals surface area contributed by atoms with Crippen LogP contribution in [0.5, 0.6) is 11.5 Å². The lowest BCUT2D eigenvalue weighted by Gasteiger charge is -2.51. The van der Waals surface area contributed by atoms with E-state index in [1.807, 2.05) is 0 Å². The van der Waals surface area contributed by atoms with Gasteiger partial charge in [-0.1, -0.05) is 13.0 Å². The Bertz CT molecular complexity index is 964. The second-order valence-corrected chi connectivity index (χ2v) is 9.76. The van der Waals surface area contributed by atoms with Gasteiger partial charge < -0.3 is 14.1 Å². The number of piperidine rings is 1. The Balaban J connectivity index is 2.09. The molecule has 1 aliphatic carbocycles. The summed E-state index contributed by atoms with van der Waals surface area (Å²) >= 11 is 0. The third kappa shape index (κ3) is 4.58. The lowest BCUT2D eigenvalue weighted by molar-refractivity contribution is 0.0625. The van der Waals surface area contributed by atoms with Crippen LogP contribution in [-0.2, 0) is 33.4 Å². The molecule has 1 aromatic carbocycles. The zero-order valence-corrected chi connectivity index (χ0v) is 17.3. The maximum Gasteiger partial charge on any atom is 0.380 e. The van der Waals surface area contributed by atoms with Crippen LogP contribution in [0.1, 0.15) is 37.3 Å². The topological polar surface area (TPSA) is 168 Å². The fourth-order valence-corrected chi connectivity index (χ4v) is 5.16. The van der Waals surface area contributed by atoms with Crippen LogP contribution in [0, 0.1) is 0 Å². The Morgan fingerprint density at radius 1 is 1.18 bits per heavy atom. The summed E-state index contributed by atoms with van der Waals surface area (Å²) in [4.78, 5) is 2.36. The summed E-state index contributed by atoms with van der Waals surface area (Å²) < 4.78 is 55.6. The van der Waals surface area contributed by atoms with Crippen molar-refractivity contribution in [1.29, 1.82) is 0 Å². The monoisotopic (exact) mass is 434 g/mol. The van der Waals surface area contributed by atoms with E-state index in [4.69, 9.17) is 24.4 Å². The summed E-state index contributed by atoms with van der Waals surface area (Å²) in [5.74, 6) is -0.608. The minimum atomic E-state index is -4.42. The first-order chi connectivity index (χ1) is 12.9. The number of fused-ring (bicyclic) bond motifs is 2. The first-order valence-corrected chi connectivity index (χ1v) is 12.0. The summed E-state index contributed by atoms with van der Waals surface area (Å²) in [5, 5.41) is 9.98. The van der Waals surface area contributed by atoms with E-state index in [-0.39, 0.29) is 17.5 Å². The van der Waals surface area contributed by atoms with Gasteiger partial charge in [-0.15, -0.1) is 0 Å². The van der Waals surface area contributed by atoms with E-state index in [2.05, 4.69) is 11.8 Å². The van der Waals surface area contributed by atoms with Crippen LogP contribution in [0.4, 0.5) is 0 Å². The van der Waals surface area contributed by atoms with E-state index in [1.54, 1.807) is 6.07 Å². The van der Waals surface area contributed by atoms with E-state index in [0.29, 0.717) is 18.4 Å². The first-order valence-electron chi connectivity index (χ1n) is 9.04. The van der Waals surface area contributed by atoms with Crippen LogP contribution in [0.15, 0.2) is 12.1 Å². The minimum Gasteiger partial charge on any atom is -0.367 e. The van der Waals surface area contributed by atoms with Gasteiger partial charge in [0.05, 0.1) is 0 Å². The van der Waals surface area contributed by atoms with Crippen molar-refractivity contribution in [1.82, 2.24) is 4.90 Å². The average molecular weight is 435 g/mol. The van der Waals surface area contributed by atoms with Gasteiger partial charge in [-0.25, -0.2) is 0 Å². The van der Waals surface area contributed by atoms with Gasteiger partial charge in [0.15, 0.2) is 11.5 Å². The van der Waals surface area contributed by atoms with E-state index in [1.165, 1.54) is 6.07 Å². The molecule has 1 aliphatic heterocycles. The summed E-state index contributed by atoms with van der Waals surface area (Å²) in [5.41, 5.74) is 7.44. The van der Waals surface area contributed by atoms with E-state index < -0.39 is 26.1 Å². The highest BCUT2D eigenvalue weighted by Crippen LogP contribution is 2.44. The second kappa shape index (κ2) is 7.43. The van der Waals surface area contributed by atoms with Crippen molar-refractivity contribution in [2.75, 3.05) is 13.1 Å². The molecule has 1 saturated heterocycles. The number of benzene rings is 1. The number of nitrogens with two attached hydrogens (primary N) is 3. The molecule has 0 radical (unpaired) electrons. The SMILES string of the molecule is CCCN1CCC[C@]2(N)Cc3c(ccc(OS(N)(=O)=O)c3OS(N)(=O)=O)C[C@@H]12. The largest absolute Gasteiger partial charge is 0.380 e. The minimum absolute atomic E-state index is 0.0982. The Hall–Kier alpha value is -1.44. The zero-order valence-electron chi connectivity index (χ0n) is 15.6. The molecular weight excluding hydrogens is 408 g/mol. The van der Waals surface area contributed by atoms with Crippen LogP contribution in [0.3, 0.4) is 0 Å². The third-order valence-corrected chi connectivity index (χ3v) is 6.16. The predicted molar refractivity (Wildman–Crippen MR) is 103 cm³/mol. The number of likely N-dealkylation sites (tertiary alicyclic amines) is 1. The van der Waals surface area contributed by atoms with Crippen LogP contribution in [-0.4, -0.2) is 46.4 Å². The first kappa shape index (κ1) is 21.3. The zero-order chi connectivity index (χ0) is 20.7. The lowest BCUT2D eigenvalue weighted by atomic mass is 9.69. The molecule has 158 valence electrons. The number of rotatable bonds is 6. The molecule has 6 N–H and O–H groups in total. The summed E-state index contributed by atoms with van der Waals surface area (Å²) in [6.07, 6.45) is 3.57. The van der Waals surface area contributed by atoms with Gasteiger partial charge in [-0.3, -0.25) is 4.90 Å². The Kier molecular flexibility index (Phi) is 5.64. The normalized spacial score (nSPS) is 25.6. The average Bonchev–Trinajstić information content (AvgIpc) is 2.54. The van der Waals surface area contributed by atoms with Gasteiger partial charge in [-0.05, 0) is 56.8 Å². The highest BCUT2D eigenvalue weighted by atomic mass is 32.2. The van der Waals surface area contributed by atoms with Crippen LogP contribution in [0.2, 0.25) is 0 Å². The molecule has 2 atom stereocenters. The van der Waals surface area contributed by atoms with Crippen molar-refractivity contribution >= 4 is 20.6 Å². The van der Waals surface area contributed by atoms with Crippen molar-refractivity contribution in [3.05, 3.63) is 23.3 Å². The molecule has 12 heteroatoms. The van der Waals surface area contributed by atoms with Gasteiger partial charge in [0.1, 0.15) is 0 Å². The van der Waals surface area contributed by atoms with E-state index in [0.717, 1.165) is 37.9 Å². The van der Waals surface area contributed by atoms with Crippen molar-refractivity contribution in [3.63, 3.8) is 0 Å². The van der Waals surface area contributed by atoms with Gasteiger partial charge in [0.25, 0.3) is 0 Å². The number of hydrogen-bond donors (Lipinski definition) is 3. The predicted octanol–water partition coefficient (Wildman–Crippen LogP) is -0.478. The molecule has 0 unspecified atom stereocenters. The summed E-state index contributed by atoms with van der Waals surface area (Å²) in [6, 6.07) is 3.10. The smallest absolute Gasteiger partial charge is 0.367 e. The highest BCUT2D eigenvalue weighted by Gasteiger charge is 2.46. The fourth-order valence-electron chi connectivity index (χ4n) is 4.36. The van der Waals surface area contributed by atoms with E-state index >= 15 is 0 Å². The molecule has 1 heterocycles. The Morgan fingerprint density at radius 2 is 1.86 bits per heavy atom. The third-order valence-electron chi connectivity index (χ3n) is 5.35. The molecule has 10 nitrogen and oxygen atoms in total. The van der Waals surface area contributed by atoms with Gasteiger partial charge in [0, 0.05) is 17.1 Å². The van der Waals surface area contributed by atoms with Crippen LogP contribution >= 0.6 is 0 Å². The molecule has 0 saturated carbocycles. The van der Waals surface area contributed by atoms with Gasteiger partial charge >= 0.3 is 20.6 Å². The van der Waals surface area contributed by atoms with Crippen molar-refractivity contribution < 1.29 is 25.2 Å². The molecule has 0 spiro atoms. The molecule has 28 heavy (non-hydrogen) atoms. The molecule has 3 rings (SSSR count). The Morgan fingerprint density at radius 3 is 2.46 bits per heavy atom. The molecule has 1 aromatic rings. The van der Waals surface area contributed by atoms with Crippen molar-refractivity contribution in [2.24, 2.45) is 16.0 Å². The molecule has 0 amide bonds. The van der Waals surface area contributed by atoms with Gasteiger partial charge in [0.2, 0.25) is 0 Å². The second-order valence-electron chi connectivity index (χ2n) is 7.45. The molecule has 0 bridgehead atoms. The summed E-state index contributed by atoms with van der Waals surface area (Å²) in [6.45, 7) is 3.99. The number of nitrogens with zero attached hydrogens (tertiary/aromatic N) is 1. The standard InChI is InChI=1S/C16H26N4O6S2/c1-2-7-20-8-3-6-16(17)10-12-11(9-14(16)20)4-5-13(25-27(18,21)22)15(12)26-28(19,23)24/h4-5,14H,2-3,6-10,17H2,1H3,(H2,18,21,22)(H2,19,23,24)/t14-,16+/m1/s1. The van der Waals surface area contributed by atoms with Crippen molar-refractivity contribution in [2.45, 2.75) is 50.6 Å². The van der Waals surface area contributed by atoms with Crippen LogP contribution < -0.4 is 24.4 Å². The van der Waals surface area contributed by atoms with Crippen molar-refractivity contribution in [3.8, 4) is 11.5 Å². The maximum atomic E-state index is 11.6. The Labute approximate surface area is 165 Å². The molecule has 1 fully saturated rings. The fraction of sp³-hybridized carbons (Fsp3) is 0.625. The van der Waals surface area contributed by atoms with Crippen LogP contribution in [0.25, 0.3) is 0 Å². The maximum absolute atomic E-state index is 11.6. The molecule has 0 aromatic heterocycles. The summed E-state index contributed by atoms with van der Waals surface area (Å²) in [7, 11) is -8.82. The highest BCUT2D eigenvalue weighted by molar-refractivity contribution is 7.85. The number of hydrogen-bond acceptors (Lipinski definition) is 8. The van der Waals surface area contributed by atoms with Gasteiger partial charge in [-0.2, -0.15) is 27.1 Å². The molecular formula is C16H26N4O6S2. The van der Waals surface area contributed by atoms with E-state index in [9.17, 15) is 16.8 Å². The lowest BCUT2D eigenvalue weighted by Crippen LogP contribution is -2.65. The quantitative estimate of drug-likeness (QED) is 0.539. The molecule has 2 aliphatic rings.